The van der Waals surface area contributed by atoms with E-state index in [2.05, 4.69) is 5.32 Å². The highest BCUT2D eigenvalue weighted by Gasteiger charge is 2.12. The van der Waals surface area contributed by atoms with Crippen molar-refractivity contribution in [2.45, 2.75) is 18.9 Å². The van der Waals surface area contributed by atoms with E-state index in [4.69, 9.17) is 10.8 Å². The van der Waals surface area contributed by atoms with Gasteiger partial charge >= 0.3 is 5.97 Å². The Labute approximate surface area is 127 Å². The molecule has 1 aromatic carbocycles. The summed E-state index contributed by atoms with van der Waals surface area (Å²) < 4.78 is 0. The zero-order valence-corrected chi connectivity index (χ0v) is 12.3. The second-order valence-electron chi connectivity index (χ2n) is 4.42. The van der Waals surface area contributed by atoms with Crippen LogP contribution >= 0.6 is 11.8 Å². The van der Waals surface area contributed by atoms with Crippen molar-refractivity contribution in [1.29, 1.82) is 0 Å². The Morgan fingerprint density at radius 1 is 1.19 bits per heavy atom. The van der Waals surface area contributed by atoms with E-state index in [1.54, 1.807) is 0 Å². The van der Waals surface area contributed by atoms with Crippen molar-refractivity contribution in [3.63, 3.8) is 0 Å². The van der Waals surface area contributed by atoms with Crippen molar-refractivity contribution in [1.82, 2.24) is 5.32 Å². The molecule has 0 spiro atoms. The number of amides is 2. The van der Waals surface area contributed by atoms with Gasteiger partial charge in [-0.3, -0.25) is 19.7 Å². The molecule has 6 nitrogen and oxygen atoms in total. The number of carboxylic acids is 1. The van der Waals surface area contributed by atoms with Crippen LogP contribution < -0.4 is 11.1 Å². The average Bonchev–Trinajstić information content (AvgIpc) is 2.44. The Morgan fingerprint density at radius 2 is 1.86 bits per heavy atom. The maximum Gasteiger partial charge on any atom is 0.320 e. The second kappa shape index (κ2) is 9.15. The Morgan fingerprint density at radius 3 is 2.48 bits per heavy atom. The van der Waals surface area contributed by atoms with Gasteiger partial charge in [0.15, 0.2) is 0 Å². The molecule has 0 aliphatic carbocycles. The molecule has 0 aliphatic rings. The van der Waals surface area contributed by atoms with Gasteiger partial charge in [0, 0.05) is 0 Å². The molecule has 0 radical (unpaired) electrons. The van der Waals surface area contributed by atoms with E-state index in [0.717, 1.165) is 5.56 Å². The van der Waals surface area contributed by atoms with Crippen LogP contribution in [0, 0.1) is 0 Å². The summed E-state index contributed by atoms with van der Waals surface area (Å²) >= 11 is 1.25. The molecule has 2 amide bonds. The maximum atomic E-state index is 11.6. The molecular formula is C14H18N2O4S. The zero-order chi connectivity index (χ0) is 15.7. The molecule has 1 rings (SSSR count). The van der Waals surface area contributed by atoms with Crippen molar-refractivity contribution in [2.24, 2.45) is 5.73 Å². The largest absolute Gasteiger partial charge is 0.480 e. The van der Waals surface area contributed by atoms with Crippen LogP contribution in [0.3, 0.4) is 0 Å². The first-order valence-corrected chi connectivity index (χ1v) is 7.57. The highest BCUT2D eigenvalue weighted by Crippen LogP contribution is 2.04. The minimum Gasteiger partial charge on any atom is -0.480 e. The molecular weight excluding hydrogens is 292 g/mol. The first-order valence-electron chi connectivity index (χ1n) is 6.41. The summed E-state index contributed by atoms with van der Waals surface area (Å²) in [6, 6.07) is 8.21. The van der Waals surface area contributed by atoms with Gasteiger partial charge in [0.2, 0.25) is 11.8 Å². The van der Waals surface area contributed by atoms with Crippen molar-refractivity contribution in [3.05, 3.63) is 35.9 Å². The Balaban J connectivity index is 2.18. The molecule has 1 unspecified atom stereocenters. The van der Waals surface area contributed by atoms with Crippen LogP contribution in [-0.2, 0) is 20.8 Å². The first kappa shape index (κ1) is 17.2. The van der Waals surface area contributed by atoms with Gasteiger partial charge in [-0.2, -0.15) is 11.8 Å². The molecule has 0 aliphatic heterocycles. The molecule has 4 N–H and O–H groups in total. The lowest BCUT2D eigenvalue weighted by Crippen LogP contribution is -2.33. The number of rotatable bonds is 8. The number of hydrogen-bond acceptors (Lipinski definition) is 5. The second-order valence-corrected chi connectivity index (χ2v) is 5.52. The van der Waals surface area contributed by atoms with Gasteiger partial charge in [-0.25, -0.2) is 0 Å². The van der Waals surface area contributed by atoms with Gasteiger partial charge in [-0.1, -0.05) is 30.3 Å². The minimum absolute atomic E-state index is 0.104. The zero-order valence-electron chi connectivity index (χ0n) is 11.5. The van der Waals surface area contributed by atoms with Crippen LogP contribution in [-0.4, -0.2) is 40.4 Å². The van der Waals surface area contributed by atoms with Crippen LogP contribution in [0.5, 0.6) is 0 Å². The topological polar surface area (TPSA) is 109 Å². The number of nitrogens with two attached hydrogens (primary N) is 1. The van der Waals surface area contributed by atoms with Gasteiger partial charge in [0.25, 0.3) is 0 Å². The molecule has 1 aromatic rings. The number of imide groups is 1. The maximum absolute atomic E-state index is 11.6. The summed E-state index contributed by atoms with van der Waals surface area (Å²) in [6.45, 7) is 0. The SMILES string of the molecule is NC(CCSCC(=O)NC(=O)Cc1ccccc1)C(=O)O. The molecule has 1 atom stereocenters. The Hall–Kier alpha value is -1.86. The molecule has 0 saturated carbocycles. The van der Waals surface area contributed by atoms with E-state index in [9.17, 15) is 14.4 Å². The lowest BCUT2D eigenvalue weighted by molar-refractivity contribution is -0.138. The average molecular weight is 310 g/mol. The number of nitrogens with one attached hydrogen (secondary N) is 1. The van der Waals surface area contributed by atoms with Gasteiger partial charge in [-0.15, -0.1) is 0 Å². The first-order chi connectivity index (χ1) is 9.99. The summed E-state index contributed by atoms with van der Waals surface area (Å²) in [5.41, 5.74) is 6.17. The standard InChI is InChI=1S/C14H18N2O4S/c15-11(14(19)20)6-7-21-9-13(18)16-12(17)8-10-4-2-1-3-5-10/h1-5,11H,6-9,15H2,(H,19,20)(H,16,17,18). The molecule has 0 saturated heterocycles. The lowest BCUT2D eigenvalue weighted by Gasteiger charge is -2.06. The number of hydrogen-bond donors (Lipinski definition) is 3. The summed E-state index contributed by atoms with van der Waals surface area (Å²) in [5, 5.41) is 10.9. The van der Waals surface area contributed by atoms with E-state index < -0.39 is 12.0 Å². The van der Waals surface area contributed by atoms with Crippen LogP contribution in [0.4, 0.5) is 0 Å². The van der Waals surface area contributed by atoms with Crippen molar-refractivity contribution in [3.8, 4) is 0 Å². The molecule has 0 fully saturated rings. The highest BCUT2D eigenvalue weighted by molar-refractivity contribution is 7.99. The van der Waals surface area contributed by atoms with E-state index in [1.165, 1.54) is 11.8 Å². The molecule has 7 heteroatoms. The predicted molar refractivity (Wildman–Crippen MR) is 80.8 cm³/mol. The number of carbonyl (C=O) groups is 3. The summed E-state index contributed by atoms with van der Waals surface area (Å²) in [4.78, 5) is 33.6. The van der Waals surface area contributed by atoms with Gasteiger partial charge < -0.3 is 10.8 Å². The monoisotopic (exact) mass is 310 g/mol. The fraction of sp³-hybridized carbons (Fsp3) is 0.357. The van der Waals surface area contributed by atoms with Crippen molar-refractivity contribution < 1.29 is 19.5 Å². The van der Waals surface area contributed by atoms with Crippen LogP contribution in [0.15, 0.2) is 30.3 Å². The third kappa shape index (κ3) is 7.48. The van der Waals surface area contributed by atoms with Gasteiger partial charge in [-0.05, 0) is 17.7 Å². The highest BCUT2D eigenvalue weighted by atomic mass is 32.2. The van der Waals surface area contributed by atoms with Gasteiger partial charge in [0.05, 0.1) is 12.2 Å². The third-order valence-corrected chi connectivity index (χ3v) is 3.60. The minimum atomic E-state index is -1.06. The number of carbonyl (C=O) groups excluding carboxylic acids is 2. The number of aliphatic carboxylic acids is 1. The van der Waals surface area contributed by atoms with E-state index in [-0.39, 0.29) is 30.4 Å². The quantitative estimate of drug-likeness (QED) is 0.600. The molecule has 21 heavy (non-hydrogen) atoms. The lowest BCUT2D eigenvalue weighted by atomic mass is 10.1. The van der Waals surface area contributed by atoms with Crippen molar-refractivity contribution in [2.75, 3.05) is 11.5 Å². The van der Waals surface area contributed by atoms with Crippen LogP contribution in [0.25, 0.3) is 0 Å². The summed E-state index contributed by atoms with van der Waals surface area (Å²) in [6.07, 6.45) is 0.437. The van der Waals surface area contributed by atoms with Crippen molar-refractivity contribution >= 4 is 29.5 Å². The summed E-state index contributed by atoms with van der Waals surface area (Å²) in [7, 11) is 0. The van der Waals surface area contributed by atoms with E-state index in [1.807, 2.05) is 30.3 Å². The van der Waals surface area contributed by atoms with Crippen LogP contribution in [0.1, 0.15) is 12.0 Å². The third-order valence-electron chi connectivity index (χ3n) is 2.61. The fourth-order valence-corrected chi connectivity index (χ4v) is 2.34. The normalized spacial score (nSPS) is 11.7. The molecule has 0 heterocycles. The number of benzene rings is 1. The molecule has 0 aromatic heterocycles. The summed E-state index contributed by atoms with van der Waals surface area (Å²) in [5.74, 6) is -1.24. The smallest absolute Gasteiger partial charge is 0.320 e. The number of carboxylic acid groups (broad SMARTS) is 1. The Kier molecular flexibility index (Phi) is 7.49. The van der Waals surface area contributed by atoms with E-state index in [0.29, 0.717) is 5.75 Å². The fourth-order valence-electron chi connectivity index (χ4n) is 1.52. The van der Waals surface area contributed by atoms with Crippen LogP contribution in [0.2, 0.25) is 0 Å². The molecule has 114 valence electrons. The van der Waals surface area contributed by atoms with Gasteiger partial charge in [0.1, 0.15) is 6.04 Å². The predicted octanol–water partition coefficient (Wildman–Crippen LogP) is 0.407. The Bertz CT molecular complexity index is 493. The number of thioether (sulfide) groups is 1. The van der Waals surface area contributed by atoms with E-state index >= 15 is 0 Å². The molecule has 0 bridgehead atoms.